The molecule has 0 aliphatic carbocycles. The van der Waals surface area contributed by atoms with E-state index in [2.05, 4.69) is 37.9 Å². The van der Waals surface area contributed by atoms with Crippen LogP contribution < -0.4 is 5.32 Å². The Balaban J connectivity index is 2.28. The van der Waals surface area contributed by atoms with Gasteiger partial charge in [0.25, 0.3) is 0 Å². The summed E-state index contributed by atoms with van der Waals surface area (Å²) in [7, 11) is 0. The Bertz CT molecular complexity index is 183. The van der Waals surface area contributed by atoms with Gasteiger partial charge in [0.2, 0.25) is 0 Å². The average molecular weight is 228 g/mol. The minimum atomic E-state index is 0.459. The third-order valence-corrected chi connectivity index (χ3v) is 3.26. The van der Waals surface area contributed by atoms with Gasteiger partial charge in [0, 0.05) is 31.8 Å². The minimum absolute atomic E-state index is 0.459. The fourth-order valence-electron chi connectivity index (χ4n) is 2.27. The molecule has 1 heterocycles. The first-order valence-corrected chi connectivity index (χ1v) is 6.72. The highest BCUT2D eigenvalue weighted by molar-refractivity contribution is 4.79. The lowest BCUT2D eigenvalue weighted by molar-refractivity contribution is -0.00503. The van der Waals surface area contributed by atoms with Crippen molar-refractivity contribution in [3.8, 4) is 0 Å². The van der Waals surface area contributed by atoms with Gasteiger partial charge in [0.05, 0.1) is 6.10 Å². The van der Waals surface area contributed by atoms with Crippen LogP contribution in [0.1, 0.15) is 40.5 Å². The maximum absolute atomic E-state index is 5.73. The number of likely N-dealkylation sites (tertiary alicyclic amines) is 1. The van der Waals surface area contributed by atoms with Crippen LogP contribution in [0.2, 0.25) is 0 Å². The predicted octanol–water partition coefficient (Wildman–Crippen LogP) is 1.87. The number of hydrogen-bond donors (Lipinski definition) is 1. The molecule has 3 nitrogen and oxygen atoms in total. The summed E-state index contributed by atoms with van der Waals surface area (Å²) in [4.78, 5) is 2.55. The molecule has 0 aromatic rings. The number of nitrogens with zero attached hydrogens (tertiary/aromatic N) is 1. The number of nitrogens with one attached hydrogen (secondary N) is 1. The molecule has 0 radical (unpaired) electrons. The minimum Gasteiger partial charge on any atom is -0.377 e. The number of rotatable bonds is 6. The Morgan fingerprint density at radius 1 is 1.38 bits per heavy atom. The normalized spacial score (nSPS) is 24.9. The highest BCUT2D eigenvalue weighted by atomic mass is 16.5. The number of hydrogen-bond acceptors (Lipinski definition) is 3. The van der Waals surface area contributed by atoms with Gasteiger partial charge in [-0.3, -0.25) is 4.90 Å². The topological polar surface area (TPSA) is 24.5 Å². The third-order valence-electron chi connectivity index (χ3n) is 3.26. The Labute approximate surface area is 101 Å². The van der Waals surface area contributed by atoms with E-state index in [1.165, 1.54) is 19.4 Å². The Morgan fingerprint density at radius 2 is 2.12 bits per heavy atom. The zero-order valence-electron chi connectivity index (χ0n) is 11.3. The molecule has 3 heteroatoms. The SMILES string of the molecule is CCOC1CCCN(C(C)CNC(C)C)C1. The molecule has 1 saturated heterocycles. The quantitative estimate of drug-likeness (QED) is 0.751. The van der Waals surface area contributed by atoms with Crippen molar-refractivity contribution in [3.63, 3.8) is 0 Å². The lowest BCUT2D eigenvalue weighted by Gasteiger charge is -2.37. The van der Waals surface area contributed by atoms with E-state index in [0.29, 0.717) is 18.2 Å². The Hall–Kier alpha value is -0.120. The van der Waals surface area contributed by atoms with E-state index in [-0.39, 0.29) is 0 Å². The Kier molecular flexibility index (Phi) is 6.32. The highest BCUT2D eigenvalue weighted by Crippen LogP contribution is 2.15. The van der Waals surface area contributed by atoms with Gasteiger partial charge in [-0.2, -0.15) is 0 Å². The molecular formula is C13H28N2O. The molecule has 0 saturated carbocycles. The van der Waals surface area contributed by atoms with Crippen molar-refractivity contribution in [3.05, 3.63) is 0 Å². The third kappa shape index (κ3) is 4.81. The first kappa shape index (κ1) is 13.9. The predicted molar refractivity (Wildman–Crippen MR) is 68.8 cm³/mol. The standard InChI is InChI=1S/C13H28N2O/c1-5-16-13-7-6-8-15(10-13)12(4)9-14-11(2)3/h11-14H,5-10H2,1-4H3. The van der Waals surface area contributed by atoms with Crippen molar-refractivity contribution in [2.24, 2.45) is 0 Å². The van der Waals surface area contributed by atoms with Crippen LogP contribution in [0.25, 0.3) is 0 Å². The summed E-state index contributed by atoms with van der Waals surface area (Å²) in [6.45, 7) is 13.1. The summed E-state index contributed by atoms with van der Waals surface area (Å²) in [6, 6.07) is 1.19. The van der Waals surface area contributed by atoms with Gasteiger partial charge in [-0.25, -0.2) is 0 Å². The molecule has 1 aliphatic rings. The first-order chi connectivity index (χ1) is 7.63. The van der Waals surface area contributed by atoms with E-state index in [1.807, 2.05) is 0 Å². The van der Waals surface area contributed by atoms with E-state index in [4.69, 9.17) is 4.74 Å². The highest BCUT2D eigenvalue weighted by Gasteiger charge is 2.23. The summed E-state index contributed by atoms with van der Waals surface area (Å²) < 4.78 is 5.73. The van der Waals surface area contributed by atoms with Crippen LogP contribution in [-0.4, -0.2) is 49.3 Å². The van der Waals surface area contributed by atoms with Crippen LogP contribution in [0.3, 0.4) is 0 Å². The molecule has 0 amide bonds. The van der Waals surface area contributed by atoms with Crippen molar-refractivity contribution in [1.29, 1.82) is 0 Å². The van der Waals surface area contributed by atoms with Crippen molar-refractivity contribution < 1.29 is 4.74 Å². The molecule has 0 spiro atoms. The average Bonchev–Trinajstić information content (AvgIpc) is 2.26. The second-order valence-electron chi connectivity index (χ2n) is 5.13. The summed E-state index contributed by atoms with van der Waals surface area (Å²) >= 11 is 0. The van der Waals surface area contributed by atoms with Crippen LogP contribution in [0.5, 0.6) is 0 Å². The van der Waals surface area contributed by atoms with Gasteiger partial charge >= 0.3 is 0 Å². The maximum atomic E-state index is 5.73. The van der Waals surface area contributed by atoms with Crippen LogP contribution in [-0.2, 0) is 4.74 Å². The zero-order chi connectivity index (χ0) is 12.0. The zero-order valence-corrected chi connectivity index (χ0v) is 11.3. The smallest absolute Gasteiger partial charge is 0.0702 e. The maximum Gasteiger partial charge on any atom is 0.0702 e. The molecule has 0 aromatic carbocycles. The lowest BCUT2D eigenvalue weighted by Crippen LogP contribution is -2.48. The molecule has 2 atom stereocenters. The molecule has 0 aromatic heterocycles. The molecule has 0 bridgehead atoms. The molecule has 1 aliphatic heterocycles. The van der Waals surface area contributed by atoms with E-state index in [0.717, 1.165) is 19.7 Å². The Morgan fingerprint density at radius 3 is 2.75 bits per heavy atom. The van der Waals surface area contributed by atoms with E-state index in [1.54, 1.807) is 0 Å². The fraction of sp³-hybridized carbons (Fsp3) is 1.00. The van der Waals surface area contributed by atoms with Crippen LogP contribution in [0.15, 0.2) is 0 Å². The van der Waals surface area contributed by atoms with Crippen LogP contribution >= 0.6 is 0 Å². The van der Waals surface area contributed by atoms with Crippen molar-refractivity contribution in [1.82, 2.24) is 10.2 Å². The van der Waals surface area contributed by atoms with Crippen molar-refractivity contribution in [2.45, 2.75) is 58.7 Å². The second-order valence-corrected chi connectivity index (χ2v) is 5.13. The van der Waals surface area contributed by atoms with Crippen molar-refractivity contribution >= 4 is 0 Å². The molecule has 1 N–H and O–H groups in total. The first-order valence-electron chi connectivity index (χ1n) is 6.72. The van der Waals surface area contributed by atoms with Gasteiger partial charge in [0.15, 0.2) is 0 Å². The molecule has 2 unspecified atom stereocenters. The van der Waals surface area contributed by atoms with Gasteiger partial charge in [0.1, 0.15) is 0 Å². The van der Waals surface area contributed by atoms with E-state index in [9.17, 15) is 0 Å². The monoisotopic (exact) mass is 228 g/mol. The number of ether oxygens (including phenoxy) is 1. The van der Waals surface area contributed by atoms with Gasteiger partial charge in [-0.15, -0.1) is 0 Å². The molecule has 96 valence electrons. The van der Waals surface area contributed by atoms with Gasteiger partial charge < -0.3 is 10.1 Å². The molecule has 16 heavy (non-hydrogen) atoms. The number of piperidine rings is 1. The van der Waals surface area contributed by atoms with Gasteiger partial charge in [-0.05, 0) is 33.2 Å². The van der Waals surface area contributed by atoms with E-state index < -0.39 is 0 Å². The fourth-order valence-corrected chi connectivity index (χ4v) is 2.27. The largest absolute Gasteiger partial charge is 0.377 e. The molecule has 1 fully saturated rings. The van der Waals surface area contributed by atoms with E-state index >= 15 is 0 Å². The second kappa shape index (κ2) is 7.25. The van der Waals surface area contributed by atoms with Crippen LogP contribution in [0, 0.1) is 0 Å². The van der Waals surface area contributed by atoms with Crippen LogP contribution in [0.4, 0.5) is 0 Å². The van der Waals surface area contributed by atoms with Gasteiger partial charge in [-0.1, -0.05) is 13.8 Å². The summed E-state index contributed by atoms with van der Waals surface area (Å²) in [6.07, 6.45) is 2.96. The molecular weight excluding hydrogens is 200 g/mol. The molecule has 1 rings (SSSR count). The summed E-state index contributed by atoms with van der Waals surface area (Å²) in [5.41, 5.74) is 0. The summed E-state index contributed by atoms with van der Waals surface area (Å²) in [5.74, 6) is 0. The lowest BCUT2D eigenvalue weighted by atomic mass is 10.1. The summed E-state index contributed by atoms with van der Waals surface area (Å²) in [5, 5.41) is 3.51. The van der Waals surface area contributed by atoms with Crippen molar-refractivity contribution in [2.75, 3.05) is 26.2 Å².